The molecule has 0 saturated carbocycles. The van der Waals surface area contributed by atoms with Gasteiger partial charge in [-0.25, -0.2) is 13.9 Å². The Morgan fingerprint density at radius 1 is 1.35 bits per heavy atom. The van der Waals surface area contributed by atoms with Crippen LogP contribution in [0.2, 0.25) is 0 Å². The molecule has 4 rings (SSSR count). The maximum Gasteiger partial charge on any atom is 0.256 e. The first-order valence-corrected chi connectivity index (χ1v) is 8.06. The van der Waals surface area contributed by atoms with Crippen molar-refractivity contribution >= 4 is 17.4 Å². The van der Waals surface area contributed by atoms with Crippen molar-refractivity contribution in [2.24, 2.45) is 0 Å². The van der Waals surface area contributed by atoms with E-state index in [2.05, 4.69) is 20.7 Å². The van der Waals surface area contributed by atoms with Crippen LogP contribution in [0.25, 0.3) is 5.65 Å². The zero-order valence-electron chi connectivity index (χ0n) is 13.6. The summed E-state index contributed by atoms with van der Waals surface area (Å²) in [6, 6.07) is 5.85. The summed E-state index contributed by atoms with van der Waals surface area (Å²) in [7, 11) is 0. The Hall–Kier alpha value is -3.20. The molecule has 3 N–H and O–H groups in total. The van der Waals surface area contributed by atoms with E-state index >= 15 is 0 Å². The predicted molar refractivity (Wildman–Crippen MR) is 90.5 cm³/mol. The van der Waals surface area contributed by atoms with Gasteiger partial charge in [0.1, 0.15) is 29.1 Å². The van der Waals surface area contributed by atoms with Crippen LogP contribution >= 0.6 is 0 Å². The van der Waals surface area contributed by atoms with Gasteiger partial charge in [0.15, 0.2) is 5.65 Å². The third kappa shape index (κ3) is 3.04. The number of aliphatic hydroxyl groups excluding tert-OH is 1. The average molecular weight is 357 g/mol. The molecular weight excluding hydrogens is 341 g/mol. The van der Waals surface area contributed by atoms with Gasteiger partial charge in [-0.2, -0.15) is 5.10 Å². The van der Waals surface area contributed by atoms with Crippen LogP contribution in [0.1, 0.15) is 15.9 Å². The van der Waals surface area contributed by atoms with E-state index in [1.807, 2.05) is 0 Å². The van der Waals surface area contributed by atoms with E-state index in [0.29, 0.717) is 28.3 Å². The minimum atomic E-state index is -0.675. The molecule has 26 heavy (non-hydrogen) atoms. The number of hydrogen-bond acceptors (Lipinski definition) is 6. The predicted octanol–water partition coefficient (Wildman–Crippen LogP) is 0.964. The molecule has 0 fully saturated rings. The molecule has 9 heteroatoms. The van der Waals surface area contributed by atoms with E-state index in [1.165, 1.54) is 28.9 Å². The molecule has 1 atom stereocenters. The van der Waals surface area contributed by atoms with Crippen LogP contribution in [0.4, 0.5) is 10.2 Å². The second kappa shape index (κ2) is 6.60. The summed E-state index contributed by atoms with van der Waals surface area (Å²) in [6.07, 6.45) is 2.44. The first kappa shape index (κ1) is 16.3. The summed E-state index contributed by atoms with van der Waals surface area (Å²) in [5, 5.41) is 19.5. The second-order valence-electron chi connectivity index (χ2n) is 5.88. The number of halogens is 1. The highest BCUT2D eigenvalue weighted by Gasteiger charge is 2.19. The molecule has 2 aromatic heterocycles. The number of anilines is 1. The number of amides is 1. The third-order valence-electron chi connectivity index (χ3n) is 4.08. The molecule has 0 unspecified atom stereocenters. The summed E-state index contributed by atoms with van der Waals surface area (Å²) in [5.74, 6) is 0.176. The Morgan fingerprint density at radius 2 is 2.23 bits per heavy atom. The van der Waals surface area contributed by atoms with Crippen molar-refractivity contribution in [3.63, 3.8) is 0 Å². The van der Waals surface area contributed by atoms with E-state index in [1.54, 1.807) is 12.3 Å². The molecule has 0 spiro atoms. The van der Waals surface area contributed by atoms with E-state index in [9.17, 15) is 14.3 Å². The monoisotopic (exact) mass is 357 g/mol. The average Bonchev–Trinajstić information content (AvgIpc) is 3.07. The minimum absolute atomic E-state index is 0.0800. The van der Waals surface area contributed by atoms with Crippen molar-refractivity contribution in [3.05, 3.63) is 53.6 Å². The molecule has 1 aromatic carbocycles. The van der Waals surface area contributed by atoms with Gasteiger partial charge in [0, 0.05) is 18.3 Å². The molecular formula is C17H16FN5O3. The fourth-order valence-corrected chi connectivity index (χ4v) is 2.74. The van der Waals surface area contributed by atoms with Crippen molar-refractivity contribution in [1.82, 2.24) is 19.9 Å². The molecule has 0 aliphatic carbocycles. The largest absolute Gasteiger partial charge is 0.486 e. The van der Waals surface area contributed by atoms with Gasteiger partial charge in [-0.15, -0.1) is 0 Å². The lowest BCUT2D eigenvalue weighted by Gasteiger charge is -2.19. The van der Waals surface area contributed by atoms with Crippen molar-refractivity contribution < 1.29 is 19.0 Å². The van der Waals surface area contributed by atoms with Gasteiger partial charge in [-0.1, -0.05) is 0 Å². The van der Waals surface area contributed by atoms with Crippen LogP contribution in [0.15, 0.2) is 36.7 Å². The van der Waals surface area contributed by atoms with Gasteiger partial charge in [-0.3, -0.25) is 4.79 Å². The first-order valence-electron chi connectivity index (χ1n) is 8.06. The van der Waals surface area contributed by atoms with Gasteiger partial charge < -0.3 is 20.5 Å². The summed E-state index contributed by atoms with van der Waals surface area (Å²) >= 11 is 0. The maximum absolute atomic E-state index is 13.6. The van der Waals surface area contributed by atoms with Crippen molar-refractivity contribution in [2.75, 3.05) is 18.5 Å². The molecule has 0 saturated heterocycles. The minimum Gasteiger partial charge on any atom is -0.486 e. The molecule has 2 bridgehead atoms. The smallest absolute Gasteiger partial charge is 0.256 e. The zero-order valence-corrected chi connectivity index (χ0v) is 13.6. The summed E-state index contributed by atoms with van der Waals surface area (Å²) in [6.45, 7) is 0.0375. The molecule has 0 radical (unpaired) electrons. The van der Waals surface area contributed by atoms with Gasteiger partial charge in [0.2, 0.25) is 0 Å². The van der Waals surface area contributed by atoms with Crippen LogP contribution in [0, 0.1) is 5.82 Å². The molecule has 8 nitrogen and oxygen atoms in total. The number of aliphatic hydroxyl groups is 1. The molecule has 134 valence electrons. The molecule has 1 aliphatic rings. The number of nitrogens with zero attached hydrogens (tertiary/aromatic N) is 3. The van der Waals surface area contributed by atoms with Crippen molar-refractivity contribution in [3.8, 4) is 5.75 Å². The van der Waals surface area contributed by atoms with E-state index in [0.717, 1.165) is 0 Å². The number of hydrogen-bond donors (Lipinski definition) is 3. The number of fused-ring (bicyclic) bond motifs is 2. The van der Waals surface area contributed by atoms with Crippen LogP contribution in [0.3, 0.4) is 0 Å². The lowest BCUT2D eigenvalue weighted by Crippen LogP contribution is -2.37. The quantitative estimate of drug-likeness (QED) is 0.600. The molecule has 1 aliphatic heterocycles. The van der Waals surface area contributed by atoms with Crippen LogP contribution in [0.5, 0.6) is 5.75 Å². The number of carbonyl (C=O) groups excluding carboxylic acids is 1. The third-order valence-corrected chi connectivity index (χ3v) is 4.08. The number of benzene rings is 1. The fraction of sp³-hybridized carbons (Fsp3) is 0.235. The first-order chi connectivity index (χ1) is 12.6. The summed E-state index contributed by atoms with van der Waals surface area (Å²) in [5.41, 5.74) is 1.28. The van der Waals surface area contributed by atoms with E-state index in [-0.39, 0.29) is 25.6 Å². The maximum atomic E-state index is 13.6. The standard InChI is InChI=1S/C17H16FN5O3/c18-11-1-2-14-10(5-11)6-19-15-3-4-23-16(22-15)13(8-21-23)17(25)20-7-12(9-24)26-14/h1-5,8,12,24H,6-7,9H2,(H,19,22)(H,20,25)/t12-/m1/s1. The van der Waals surface area contributed by atoms with Gasteiger partial charge in [0.05, 0.1) is 19.3 Å². The van der Waals surface area contributed by atoms with Crippen LogP contribution in [-0.4, -0.2) is 44.9 Å². The second-order valence-corrected chi connectivity index (χ2v) is 5.88. The Bertz CT molecular complexity index is 974. The lowest BCUT2D eigenvalue weighted by molar-refractivity contribution is 0.0870. The fourth-order valence-electron chi connectivity index (χ4n) is 2.74. The number of carbonyl (C=O) groups is 1. The highest BCUT2D eigenvalue weighted by Crippen LogP contribution is 2.23. The van der Waals surface area contributed by atoms with Gasteiger partial charge in [-0.05, 0) is 24.3 Å². The number of nitrogens with one attached hydrogen (secondary N) is 2. The van der Waals surface area contributed by atoms with E-state index in [4.69, 9.17) is 4.74 Å². The summed E-state index contributed by atoms with van der Waals surface area (Å²) < 4.78 is 20.9. The number of rotatable bonds is 1. The van der Waals surface area contributed by atoms with Crippen LogP contribution in [-0.2, 0) is 6.54 Å². The van der Waals surface area contributed by atoms with Crippen LogP contribution < -0.4 is 15.4 Å². The number of aromatic nitrogens is 3. The van der Waals surface area contributed by atoms with Crippen molar-refractivity contribution in [1.29, 1.82) is 0 Å². The highest BCUT2D eigenvalue weighted by atomic mass is 19.1. The zero-order chi connectivity index (χ0) is 18.1. The summed E-state index contributed by atoms with van der Waals surface area (Å²) in [4.78, 5) is 16.8. The molecule has 3 aromatic rings. The Morgan fingerprint density at radius 3 is 3.08 bits per heavy atom. The van der Waals surface area contributed by atoms with Gasteiger partial charge in [0.25, 0.3) is 5.91 Å². The Balaban J connectivity index is 1.77. The Kier molecular flexibility index (Phi) is 4.13. The molecule has 3 heterocycles. The topological polar surface area (TPSA) is 101 Å². The normalized spacial score (nSPS) is 17.3. The van der Waals surface area contributed by atoms with E-state index < -0.39 is 11.9 Å². The SMILES string of the molecule is O=C1NC[C@H](CO)Oc2ccc(F)cc2CNc2ccn3ncc1c3n2. The van der Waals surface area contributed by atoms with Gasteiger partial charge >= 0.3 is 0 Å². The Labute approximate surface area is 147 Å². The number of ether oxygens (including phenoxy) is 1. The van der Waals surface area contributed by atoms with Crippen molar-refractivity contribution in [2.45, 2.75) is 12.6 Å². The lowest BCUT2D eigenvalue weighted by atomic mass is 10.2. The molecule has 1 amide bonds. The highest BCUT2D eigenvalue weighted by molar-refractivity contribution is 5.99.